The summed E-state index contributed by atoms with van der Waals surface area (Å²) in [6.07, 6.45) is 0. The molecule has 0 aliphatic rings. The van der Waals surface area contributed by atoms with E-state index in [2.05, 4.69) is 26.0 Å². The van der Waals surface area contributed by atoms with Crippen molar-refractivity contribution in [2.45, 2.75) is 4.90 Å². The Morgan fingerprint density at radius 2 is 1.50 bits per heavy atom. The number of carbonyl (C=O) groups excluding carboxylic acids is 1. The molecule has 0 aliphatic heterocycles. The minimum absolute atomic E-state index is 0.0188. The zero-order valence-electron chi connectivity index (χ0n) is 15.2. The van der Waals surface area contributed by atoms with Crippen molar-refractivity contribution in [2.24, 2.45) is 0 Å². The second kappa shape index (κ2) is 9.70. The highest BCUT2D eigenvalue weighted by molar-refractivity contribution is 9.10. The molecule has 3 rings (SSSR count). The van der Waals surface area contributed by atoms with Gasteiger partial charge in [0.2, 0.25) is 0 Å². The van der Waals surface area contributed by atoms with Gasteiger partial charge in [0.05, 0.1) is 10.6 Å². The van der Waals surface area contributed by atoms with Crippen LogP contribution >= 0.6 is 39.1 Å². The number of sulfonamides is 1. The molecule has 0 atom stereocenters. The van der Waals surface area contributed by atoms with Gasteiger partial charge in [0.1, 0.15) is 5.75 Å². The number of nitrogens with one attached hydrogen (secondary N) is 2. The monoisotopic (exact) mass is 528 g/mol. The summed E-state index contributed by atoms with van der Waals surface area (Å²) >= 11 is 15.1. The predicted octanol–water partition coefficient (Wildman–Crippen LogP) is 5.57. The van der Waals surface area contributed by atoms with Crippen molar-refractivity contribution >= 4 is 66.4 Å². The van der Waals surface area contributed by atoms with Gasteiger partial charge in [-0.2, -0.15) is 0 Å². The predicted molar refractivity (Wildman–Crippen MR) is 122 cm³/mol. The van der Waals surface area contributed by atoms with E-state index >= 15 is 0 Å². The first-order valence-electron chi connectivity index (χ1n) is 8.48. The van der Waals surface area contributed by atoms with Crippen LogP contribution in [0.4, 0.5) is 11.4 Å². The lowest BCUT2D eigenvalue weighted by atomic mass is 10.3. The number of anilines is 2. The van der Waals surface area contributed by atoms with Gasteiger partial charge in [-0.05, 0) is 66.7 Å². The van der Waals surface area contributed by atoms with Crippen molar-refractivity contribution in [2.75, 3.05) is 16.6 Å². The number of hydrogen-bond acceptors (Lipinski definition) is 4. The van der Waals surface area contributed by atoms with Crippen LogP contribution in [0.3, 0.4) is 0 Å². The van der Waals surface area contributed by atoms with Gasteiger partial charge in [0.15, 0.2) is 6.61 Å². The number of benzene rings is 3. The van der Waals surface area contributed by atoms with Crippen LogP contribution < -0.4 is 14.8 Å². The van der Waals surface area contributed by atoms with Crippen LogP contribution in [0.2, 0.25) is 10.0 Å². The molecule has 0 bridgehead atoms. The lowest BCUT2D eigenvalue weighted by Crippen LogP contribution is -2.20. The first kappa shape index (κ1) is 22.4. The summed E-state index contributed by atoms with van der Waals surface area (Å²) in [5.74, 6) is 0.0132. The Hall–Kier alpha value is -2.26. The van der Waals surface area contributed by atoms with Gasteiger partial charge in [-0.1, -0.05) is 39.1 Å². The number of carbonyl (C=O) groups is 1. The van der Waals surface area contributed by atoms with Crippen LogP contribution in [-0.2, 0) is 14.8 Å². The zero-order chi connectivity index (χ0) is 21.7. The molecule has 3 aromatic rings. The van der Waals surface area contributed by atoms with E-state index in [4.69, 9.17) is 27.9 Å². The largest absolute Gasteiger partial charge is 0.484 e. The molecule has 1 amide bonds. The Morgan fingerprint density at radius 3 is 2.10 bits per heavy atom. The maximum atomic E-state index is 12.5. The maximum Gasteiger partial charge on any atom is 0.262 e. The van der Waals surface area contributed by atoms with E-state index in [9.17, 15) is 13.2 Å². The SMILES string of the molecule is O=C(COc1ccc(S(=O)(=O)Nc2cc(Cl)cc(Cl)c2)cc1)Nc1ccc(Br)cc1. The summed E-state index contributed by atoms with van der Waals surface area (Å²) in [5.41, 5.74) is 0.887. The number of ether oxygens (including phenoxy) is 1. The van der Waals surface area contributed by atoms with Crippen LogP contribution in [0.15, 0.2) is 76.1 Å². The Balaban J connectivity index is 1.59. The highest BCUT2D eigenvalue weighted by Crippen LogP contribution is 2.25. The van der Waals surface area contributed by atoms with E-state index < -0.39 is 10.0 Å². The molecule has 3 aromatic carbocycles. The van der Waals surface area contributed by atoms with Crippen LogP contribution in [0.25, 0.3) is 0 Å². The fraction of sp³-hybridized carbons (Fsp3) is 0.0500. The molecule has 0 unspecified atom stereocenters. The second-order valence-corrected chi connectivity index (χ2v) is 9.55. The van der Waals surface area contributed by atoms with Gasteiger partial charge in [-0.15, -0.1) is 0 Å². The third kappa shape index (κ3) is 6.37. The van der Waals surface area contributed by atoms with Crippen LogP contribution in [0.5, 0.6) is 5.75 Å². The molecule has 0 fully saturated rings. The molecular weight excluding hydrogens is 515 g/mol. The van der Waals surface area contributed by atoms with Gasteiger partial charge in [-0.25, -0.2) is 8.42 Å². The Kier molecular flexibility index (Phi) is 7.25. The summed E-state index contributed by atoms with van der Waals surface area (Å²) in [6.45, 7) is -0.221. The maximum absolute atomic E-state index is 12.5. The molecule has 0 aliphatic carbocycles. The highest BCUT2D eigenvalue weighted by Gasteiger charge is 2.15. The number of amides is 1. The minimum Gasteiger partial charge on any atom is -0.484 e. The van der Waals surface area contributed by atoms with E-state index in [-0.39, 0.29) is 23.1 Å². The first-order valence-corrected chi connectivity index (χ1v) is 11.5. The van der Waals surface area contributed by atoms with Crippen LogP contribution in [0, 0.1) is 0 Å². The smallest absolute Gasteiger partial charge is 0.262 e. The van der Waals surface area contributed by atoms with Gasteiger partial charge in [-0.3, -0.25) is 9.52 Å². The molecule has 10 heteroatoms. The standard InChI is InChI=1S/C20H15BrCl2N2O4S/c21-13-1-3-16(4-2-13)24-20(26)12-29-18-5-7-19(8-6-18)30(27,28)25-17-10-14(22)9-15(23)11-17/h1-11,25H,12H2,(H,24,26). The van der Waals surface area contributed by atoms with Crippen molar-refractivity contribution in [3.05, 3.63) is 81.2 Å². The fourth-order valence-corrected chi connectivity index (χ4v) is 4.25. The van der Waals surface area contributed by atoms with E-state index in [0.29, 0.717) is 21.5 Å². The average Bonchev–Trinajstić information content (AvgIpc) is 2.67. The van der Waals surface area contributed by atoms with E-state index in [1.54, 1.807) is 24.3 Å². The summed E-state index contributed by atoms with van der Waals surface area (Å²) in [5, 5.41) is 3.32. The first-order chi connectivity index (χ1) is 14.2. The average molecular weight is 530 g/mol. The zero-order valence-corrected chi connectivity index (χ0v) is 19.1. The quantitative estimate of drug-likeness (QED) is 0.418. The summed E-state index contributed by atoms with van der Waals surface area (Å²) < 4.78 is 33.8. The van der Waals surface area contributed by atoms with Crippen LogP contribution in [0.1, 0.15) is 0 Å². The second-order valence-electron chi connectivity index (χ2n) is 6.08. The molecular formula is C20H15BrCl2N2O4S. The molecule has 0 heterocycles. The van der Waals surface area contributed by atoms with Gasteiger partial charge in [0, 0.05) is 20.2 Å². The van der Waals surface area contributed by atoms with Crippen molar-refractivity contribution < 1.29 is 17.9 Å². The molecule has 30 heavy (non-hydrogen) atoms. The van der Waals surface area contributed by atoms with Crippen molar-refractivity contribution in [3.8, 4) is 5.75 Å². The molecule has 0 saturated carbocycles. The van der Waals surface area contributed by atoms with Gasteiger partial charge < -0.3 is 10.1 Å². The molecule has 6 nitrogen and oxygen atoms in total. The highest BCUT2D eigenvalue weighted by atomic mass is 79.9. The van der Waals surface area contributed by atoms with Gasteiger partial charge >= 0.3 is 0 Å². The molecule has 0 saturated heterocycles. The Bertz CT molecular complexity index is 1130. The third-order valence-electron chi connectivity index (χ3n) is 3.75. The third-order valence-corrected chi connectivity index (χ3v) is 6.11. The van der Waals surface area contributed by atoms with Crippen LogP contribution in [-0.4, -0.2) is 20.9 Å². The molecule has 0 spiro atoms. The van der Waals surface area contributed by atoms with Crippen molar-refractivity contribution in [1.82, 2.24) is 0 Å². The number of hydrogen-bond donors (Lipinski definition) is 2. The molecule has 0 radical (unpaired) electrons. The Labute approximate surface area is 192 Å². The summed E-state index contributed by atoms with van der Waals surface area (Å²) in [6, 6.07) is 17.2. The van der Waals surface area contributed by atoms with Gasteiger partial charge in [0.25, 0.3) is 15.9 Å². The lowest BCUT2D eigenvalue weighted by molar-refractivity contribution is -0.118. The molecule has 2 N–H and O–H groups in total. The molecule has 156 valence electrons. The lowest BCUT2D eigenvalue weighted by Gasteiger charge is -2.10. The molecule has 0 aromatic heterocycles. The minimum atomic E-state index is -3.85. The number of halogens is 3. The van der Waals surface area contributed by atoms with Crippen molar-refractivity contribution in [3.63, 3.8) is 0 Å². The van der Waals surface area contributed by atoms with E-state index in [0.717, 1.165) is 4.47 Å². The topological polar surface area (TPSA) is 84.5 Å². The number of rotatable bonds is 7. The van der Waals surface area contributed by atoms with Crippen molar-refractivity contribution in [1.29, 1.82) is 0 Å². The fourth-order valence-electron chi connectivity index (χ4n) is 2.42. The summed E-state index contributed by atoms with van der Waals surface area (Å²) in [7, 11) is -3.85. The summed E-state index contributed by atoms with van der Waals surface area (Å²) in [4.78, 5) is 12.0. The Morgan fingerprint density at radius 1 is 0.900 bits per heavy atom. The normalized spacial score (nSPS) is 11.0. The van der Waals surface area contributed by atoms with E-state index in [1.165, 1.54) is 42.5 Å². The van der Waals surface area contributed by atoms with E-state index in [1.807, 2.05) is 0 Å².